The van der Waals surface area contributed by atoms with Crippen molar-refractivity contribution >= 4 is 0 Å². The number of nitrogens with two attached hydrogens (primary N) is 1. The Morgan fingerprint density at radius 3 is 2.56 bits per heavy atom. The highest BCUT2D eigenvalue weighted by Crippen LogP contribution is 2.34. The first kappa shape index (κ1) is 12.1. The molecule has 0 saturated carbocycles. The van der Waals surface area contributed by atoms with Crippen LogP contribution in [0.3, 0.4) is 0 Å². The lowest BCUT2D eigenvalue weighted by Gasteiger charge is -2.27. The molecule has 1 aliphatic carbocycles. The minimum atomic E-state index is 0.311. The van der Waals surface area contributed by atoms with Crippen LogP contribution in [0.25, 0.3) is 0 Å². The molecule has 0 spiro atoms. The van der Waals surface area contributed by atoms with Gasteiger partial charge in [0.05, 0.1) is 0 Å². The molecule has 1 saturated heterocycles. The Morgan fingerprint density at radius 1 is 1.31 bits per heavy atom. The number of hydrogen-bond donors (Lipinski definition) is 1. The Hall–Kier alpha value is -0.340. The van der Waals surface area contributed by atoms with Crippen molar-refractivity contribution in [2.75, 3.05) is 19.6 Å². The van der Waals surface area contributed by atoms with Crippen LogP contribution in [-0.4, -0.2) is 30.6 Å². The molecule has 0 bridgehead atoms. The fourth-order valence-corrected chi connectivity index (χ4v) is 2.98. The van der Waals surface area contributed by atoms with Gasteiger partial charge in [0.2, 0.25) is 0 Å². The van der Waals surface area contributed by atoms with Gasteiger partial charge in [-0.1, -0.05) is 32.9 Å². The summed E-state index contributed by atoms with van der Waals surface area (Å²) in [6.45, 7) is 10.9. The summed E-state index contributed by atoms with van der Waals surface area (Å²) in [6.07, 6.45) is 7.00. The molecule has 1 heterocycles. The molecule has 0 aromatic heterocycles. The van der Waals surface area contributed by atoms with Gasteiger partial charge >= 0.3 is 0 Å². The predicted octanol–water partition coefficient (Wildman–Crippen LogP) is 2.26. The van der Waals surface area contributed by atoms with Crippen LogP contribution in [0.1, 0.15) is 33.6 Å². The zero-order chi connectivity index (χ0) is 11.8. The third-order valence-electron chi connectivity index (χ3n) is 4.20. The minimum Gasteiger partial charge on any atom is -0.324 e. The second-order valence-electron chi connectivity index (χ2n) is 6.66. The van der Waals surface area contributed by atoms with E-state index in [1.165, 1.54) is 26.1 Å². The lowest BCUT2D eigenvalue weighted by atomic mass is 9.80. The first-order valence-corrected chi connectivity index (χ1v) is 6.61. The second kappa shape index (κ2) is 4.50. The van der Waals surface area contributed by atoms with Crippen molar-refractivity contribution in [1.29, 1.82) is 0 Å². The molecule has 2 heteroatoms. The van der Waals surface area contributed by atoms with Gasteiger partial charge < -0.3 is 10.6 Å². The fraction of sp³-hybridized carbons (Fsp3) is 0.857. The number of hydrogen-bond acceptors (Lipinski definition) is 2. The van der Waals surface area contributed by atoms with E-state index >= 15 is 0 Å². The highest BCUT2D eigenvalue weighted by molar-refractivity contribution is 5.05. The minimum absolute atomic E-state index is 0.311. The fourth-order valence-electron chi connectivity index (χ4n) is 2.98. The summed E-state index contributed by atoms with van der Waals surface area (Å²) in [5, 5.41) is 0. The third-order valence-corrected chi connectivity index (χ3v) is 4.20. The maximum Gasteiger partial charge on any atom is 0.0229 e. The average molecular weight is 222 g/mol. The average Bonchev–Trinajstić information content (AvgIpc) is 2.74. The molecule has 2 aliphatic rings. The number of likely N-dealkylation sites (tertiary alicyclic amines) is 1. The highest BCUT2D eigenvalue weighted by atomic mass is 15.1. The van der Waals surface area contributed by atoms with E-state index in [1.807, 2.05) is 0 Å². The number of nitrogens with zero attached hydrogens (tertiary/aromatic N) is 1. The van der Waals surface area contributed by atoms with Gasteiger partial charge in [0.1, 0.15) is 0 Å². The summed E-state index contributed by atoms with van der Waals surface area (Å²) < 4.78 is 0. The van der Waals surface area contributed by atoms with Crippen molar-refractivity contribution in [2.45, 2.75) is 39.7 Å². The van der Waals surface area contributed by atoms with E-state index in [1.54, 1.807) is 0 Å². The quantitative estimate of drug-likeness (QED) is 0.726. The van der Waals surface area contributed by atoms with Crippen molar-refractivity contribution in [3.8, 4) is 0 Å². The van der Waals surface area contributed by atoms with E-state index in [-0.39, 0.29) is 0 Å². The molecule has 0 aromatic rings. The zero-order valence-electron chi connectivity index (χ0n) is 10.9. The maximum atomic E-state index is 5.89. The Balaban J connectivity index is 1.79. The third kappa shape index (κ3) is 2.86. The van der Waals surface area contributed by atoms with Gasteiger partial charge in [0.15, 0.2) is 0 Å². The lowest BCUT2D eigenvalue weighted by Crippen LogP contribution is -2.30. The first-order chi connectivity index (χ1) is 7.45. The van der Waals surface area contributed by atoms with Crippen molar-refractivity contribution in [3.05, 3.63) is 12.2 Å². The Morgan fingerprint density at radius 2 is 2.06 bits per heavy atom. The van der Waals surface area contributed by atoms with Crippen LogP contribution in [0.2, 0.25) is 0 Å². The maximum absolute atomic E-state index is 5.89. The summed E-state index contributed by atoms with van der Waals surface area (Å²) in [6, 6.07) is 0.311. The SMILES string of the molecule is CC(C)(C)C1CCN(CC2C=CC(N)C2)C1. The zero-order valence-corrected chi connectivity index (χ0v) is 10.9. The topological polar surface area (TPSA) is 29.3 Å². The van der Waals surface area contributed by atoms with E-state index < -0.39 is 0 Å². The summed E-state index contributed by atoms with van der Waals surface area (Å²) in [5.41, 5.74) is 6.36. The monoisotopic (exact) mass is 222 g/mol. The lowest BCUT2D eigenvalue weighted by molar-refractivity contribution is 0.220. The van der Waals surface area contributed by atoms with Gasteiger partial charge in [-0.2, -0.15) is 0 Å². The molecule has 0 radical (unpaired) electrons. The normalized spacial score (nSPS) is 36.1. The molecule has 3 atom stereocenters. The van der Waals surface area contributed by atoms with Gasteiger partial charge in [-0.3, -0.25) is 0 Å². The molecule has 92 valence electrons. The standard InChI is InChI=1S/C14H26N2/c1-14(2,3)12-6-7-16(10-12)9-11-4-5-13(15)8-11/h4-5,11-13H,6-10,15H2,1-3H3. The molecule has 1 fully saturated rings. The molecule has 2 nitrogen and oxygen atoms in total. The number of rotatable bonds is 2. The summed E-state index contributed by atoms with van der Waals surface area (Å²) in [4.78, 5) is 2.63. The molecule has 2 rings (SSSR count). The van der Waals surface area contributed by atoms with Crippen LogP contribution in [-0.2, 0) is 0 Å². The summed E-state index contributed by atoms with van der Waals surface area (Å²) in [7, 11) is 0. The van der Waals surface area contributed by atoms with Crippen molar-refractivity contribution in [2.24, 2.45) is 23.0 Å². The van der Waals surface area contributed by atoms with Gasteiger partial charge in [0.25, 0.3) is 0 Å². The highest BCUT2D eigenvalue weighted by Gasteiger charge is 2.32. The molecule has 2 N–H and O–H groups in total. The van der Waals surface area contributed by atoms with E-state index in [0.29, 0.717) is 17.4 Å². The van der Waals surface area contributed by atoms with Gasteiger partial charge in [0, 0.05) is 19.1 Å². The molecular formula is C14H26N2. The summed E-state index contributed by atoms with van der Waals surface area (Å²) in [5.74, 6) is 1.57. The van der Waals surface area contributed by atoms with E-state index in [9.17, 15) is 0 Å². The van der Waals surface area contributed by atoms with Crippen molar-refractivity contribution in [3.63, 3.8) is 0 Å². The first-order valence-electron chi connectivity index (χ1n) is 6.61. The molecule has 16 heavy (non-hydrogen) atoms. The van der Waals surface area contributed by atoms with E-state index in [4.69, 9.17) is 5.73 Å². The smallest absolute Gasteiger partial charge is 0.0229 e. The Labute approximate surface area is 99.9 Å². The van der Waals surface area contributed by atoms with Gasteiger partial charge in [-0.15, -0.1) is 0 Å². The van der Waals surface area contributed by atoms with Crippen LogP contribution in [0, 0.1) is 17.3 Å². The molecular weight excluding hydrogens is 196 g/mol. The van der Waals surface area contributed by atoms with Gasteiger partial charge in [-0.05, 0) is 36.6 Å². The van der Waals surface area contributed by atoms with E-state index in [0.717, 1.165) is 12.3 Å². The predicted molar refractivity (Wildman–Crippen MR) is 69.2 cm³/mol. The molecule has 0 aromatic carbocycles. The van der Waals surface area contributed by atoms with Crippen LogP contribution in [0.5, 0.6) is 0 Å². The van der Waals surface area contributed by atoms with Crippen molar-refractivity contribution in [1.82, 2.24) is 4.90 Å². The Kier molecular flexibility index (Phi) is 3.41. The Bertz CT molecular complexity index is 264. The molecule has 1 aliphatic heterocycles. The molecule has 3 unspecified atom stereocenters. The van der Waals surface area contributed by atoms with Crippen LogP contribution < -0.4 is 5.73 Å². The van der Waals surface area contributed by atoms with Gasteiger partial charge in [-0.25, -0.2) is 0 Å². The summed E-state index contributed by atoms with van der Waals surface area (Å²) >= 11 is 0. The molecule has 0 amide bonds. The van der Waals surface area contributed by atoms with Crippen LogP contribution >= 0.6 is 0 Å². The largest absolute Gasteiger partial charge is 0.324 e. The van der Waals surface area contributed by atoms with Crippen LogP contribution in [0.4, 0.5) is 0 Å². The van der Waals surface area contributed by atoms with E-state index in [2.05, 4.69) is 37.8 Å². The van der Waals surface area contributed by atoms with Crippen molar-refractivity contribution < 1.29 is 0 Å². The van der Waals surface area contributed by atoms with Crippen LogP contribution in [0.15, 0.2) is 12.2 Å². The second-order valence-corrected chi connectivity index (χ2v) is 6.66.